The lowest BCUT2D eigenvalue weighted by Crippen LogP contribution is -2.33. The summed E-state index contributed by atoms with van der Waals surface area (Å²) in [6.45, 7) is 4.67. The number of hydrogen-bond acceptors (Lipinski definition) is 3. The van der Waals surface area contributed by atoms with Crippen molar-refractivity contribution in [1.82, 2.24) is 4.90 Å². The van der Waals surface area contributed by atoms with Gasteiger partial charge in [-0.2, -0.15) is 0 Å². The predicted molar refractivity (Wildman–Crippen MR) is 80.2 cm³/mol. The Kier molecular flexibility index (Phi) is 4.65. The molecule has 1 aliphatic rings. The van der Waals surface area contributed by atoms with Crippen molar-refractivity contribution in [3.63, 3.8) is 0 Å². The van der Waals surface area contributed by atoms with Crippen LogP contribution in [0.4, 0.5) is 5.69 Å². The van der Waals surface area contributed by atoms with Crippen LogP contribution in [-0.4, -0.2) is 48.1 Å². The van der Waals surface area contributed by atoms with Crippen LogP contribution in [0.15, 0.2) is 22.7 Å². The van der Waals surface area contributed by atoms with Gasteiger partial charge in [-0.25, -0.2) is 4.79 Å². The summed E-state index contributed by atoms with van der Waals surface area (Å²) in [4.78, 5) is 26.4. The molecule has 0 spiro atoms. The first-order chi connectivity index (χ1) is 9.49. The summed E-state index contributed by atoms with van der Waals surface area (Å²) in [5.74, 6) is -0.831. The van der Waals surface area contributed by atoms with Gasteiger partial charge in [0.15, 0.2) is 0 Å². The summed E-state index contributed by atoms with van der Waals surface area (Å²) in [5, 5.41) is 8.97. The van der Waals surface area contributed by atoms with Crippen molar-refractivity contribution < 1.29 is 14.7 Å². The topological polar surface area (TPSA) is 60.9 Å². The Hall–Kier alpha value is -1.56. The van der Waals surface area contributed by atoms with Crippen molar-refractivity contribution in [3.05, 3.63) is 28.2 Å². The second-order valence-electron chi connectivity index (χ2n) is 4.82. The summed E-state index contributed by atoms with van der Waals surface area (Å²) in [5.41, 5.74) is 1.24. The van der Waals surface area contributed by atoms with Crippen LogP contribution < -0.4 is 4.90 Å². The maximum atomic E-state index is 11.4. The normalized spacial score (nSPS) is 15.9. The van der Waals surface area contributed by atoms with Crippen molar-refractivity contribution >= 4 is 33.5 Å². The molecule has 0 aromatic heterocycles. The van der Waals surface area contributed by atoms with Crippen LogP contribution in [0.2, 0.25) is 0 Å². The van der Waals surface area contributed by atoms with Crippen molar-refractivity contribution in [3.8, 4) is 0 Å². The quantitative estimate of drug-likeness (QED) is 0.896. The van der Waals surface area contributed by atoms with E-state index in [1.165, 1.54) is 0 Å². The number of amides is 1. The first-order valence-corrected chi connectivity index (χ1v) is 7.31. The average molecular weight is 341 g/mol. The van der Waals surface area contributed by atoms with Gasteiger partial charge in [0.05, 0.1) is 11.3 Å². The van der Waals surface area contributed by atoms with Crippen LogP contribution in [0.5, 0.6) is 0 Å². The molecule has 0 bridgehead atoms. The first-order valence-electron chi connectivity index (χ1n) is 6.52. The molecule has 1 heterocycles. The molecule has 0 saturated carbocycles. The minimum Gasteiger partial charge on any atom is -0.478 e. The number of hydrogen-bond donors (Lipinski definition) is 1. The van der Waals surface area contributed by atoms with Crippen LogP contribution in [0.1, 0.15) is 23.7 Å². The highest BCUT2D eigenvalue weighted by molar-refractivity contribution is 9.10. The molecule has 20 heavy (non-hydrogen) atoms. The van der Waals surface area contributed by atoms with E-state index in [-0.39, 0.29) is 11.5 Å². The van der Waals surface area contributed by atoms with Gasteiger partial charge >= 0.3 is 5.97 Å². The molecule has 5 nitrogen and oxygen atoms in total. The molecule has 0 unspecified atom stereocenters. The number of carboxylic acids is 1. The molecular weight excluding hydrogens is 324 g/mol. The highest BCUT2D eigenvalue weighted by Crippen LogP contribution is 2.28. The lowest BCUT2D eigenvalue weighted by Gasteiger charge is -2.24. The van der Waals surface area contributed by atoms with E-state index in [0.29, 0.717) is 6.54 Å². The second kappa shape index (κ2) is 6.26. The Morgan fingerprint density at radius 3 is 2.55 bits per heavy atom. The van der Waals surface area contributed by atoms with Crippen molar-refractivity contribution in [2.75, 3.05) is 31.1 Å². The minimum absolute atomic E-state index is 0.104. The van der Waals surface area contributed by atoms with E-state index in [4.69, 9.17) is 5.11 Å². The van der Waals surface area contributed by atoms with E-state index in [2.05, 4.69) is 20.8 Å². The van der Waals surface area contributed by atoms with Crippen LogP contribution in [0.25, 0.3) is 0 Å². The van der Waals surface area contributed by atoms with Crippen LogP contribution in [-0.2, 0) is 4.79 Å². The molecule has 1 aromatic carbocycles. The molecule has 1 amide bonds. The van der Waals surface area contributed by atoms with Gasteiger partial charge in [-0.15, -0.1) is 0 Å². The average Bonchev–Trinajstić information content (AvgIpc) is 2.64. The lowest BCUT2D eigenvalue weighted by atomic mass is 10.2. The lowest BCUT2D eigenvalue weighted by molar-refractivity contribution is -0.128. The summed E-state index contributed by atoms with van der Waals surface area (Å²) in [7, 11) is 0. The van der Waals surface area contributed by atoms with Crippen molar-refractivity contribution in [1.29, 1.82) is 0 Å². The smallest absolute Gasteiger partial charge is 0.335 e. The predicted octanol–water partition coefficient (Wildman–Crippen LogP) is 2.21. The van der Waals surface area contributed by atoms with E-state index in [9.17, 15) is 9.59 Å². The van der Waals surface area contributed by atoms with Gasteiger partial charge < -0.3 is 14.9 Å². The number of carboxylic acid groups (broad SMARTS) is 1. The SMILES string of the molecule is CC(=O)N1CCCN(c2ccc(C(=O)O)cc2Br)CC1. The van der Waals surface area contributed by atoms with E-state index in [1.54, 1.807) is 19.1 Å². The van der Waals surface area contributed by atoms with Gasteiger partial charge in [0.1, 0.15) is 0 Å². The number of benzene rings is 1. The zero-order valence-electron chi connectivity index (χ0n) is 11.3. The molecule has 6 heteroatoms. The van der Waals surface area contributed by atoms with Crippen LogP contribution in [0.3, 0.4) is 0 Å². The molecule has 1 aliphatic heterocycles. The summed E-state index contributed by atoms with van der Waals surface area (Å²) >= 11 is 3.43. The van der Waals surface area contributed by atoms with Gasteiger partial charge in [-0.05, 0) is 40.5 Å². The fourth-order valence-electron chi connectivity index (χ4n) is 2.37. The van der Waals surface area contributed by atoms with Gasteiger partial charge in [0, 0.05) is 37.6 Å². The van der Waals surface area contributed by atoms with Crippen molar-refractivity contribution in [2.24, 2.45) is 0 Å². The number of carbonyl (C=O) groups excluding carboxylic acids is 1. The van der Waals surface area contributed by atoms with Crippen LogP contribution >= 0.6 is 15.9 Å². The molecule has 108 valence electrons. The Bertz CT molecular complexity index is 533. The fraction of sp³-hybridized carbons (Fsp3) is 0.429. The number of aromatic carboxylic acids is 1. The third kappa shape index (κ3) is 3.30. The Labute approximate surface area is 126 Å². The number of nitrogens with zero attached hydrogens (tertiary/aromatic N) is 2. The second-order valence-corrected chi connectivity index (χ2v) is 5.67. The van der Waals surface area contributed by atoms with Gasteiger partial charge in [0.2, 0.25) is 5.91 Å². The standard InChI is InChI=1S/C14H17BrN2O3/c1-10(18)16-5-2-6-17(8-7-16)13-4-3-11(14(19)20)9-12(13)15/h3-4,9H,2,5-8H2,1H3,(H,19,20). The Morgan fingerprint density at radius 2 is 1.95 bits per heavy atom. The Morgan fingerprint density at radius 1 is 1.20 bits per heavy atom. The number of halogens is 1. The number of anilines is 1. The maximum absolute atomic E-state index is 11.4. The summed E-state index contributed by atoms with van der Waals surface area (Å²) in [6.07, 6.45) is 0.909. The molecular formula is C14H17BrN2O3. The third-order valence-corrected chi connectivity index (χ3v) is 4.11. The molecule has 0 atom stereocenters. The van der Waals surface area contributed by atoms with E-state index >= 15 is 0 Å². The van der Waals surface area contributed by atoms with E-state index < -0.39 is 5.97 Å². The number of rotatable bonds is 2. The largest absolute Gasteiger partial charge is 0.478 e. The molecule has 2 rings (SSSR count). The van der Waals surface area contributed by atoms with Crippen LogP contribution in [0, 0.1) is 0 Å². The number of carbonyl (C=O) groups is 2. The highest BCUT2D eigenvalue weighted by atomic mass is 79.9. The molecule has 0 radical (unpaired) electrons. The Balaban J connectivity index is 2.15. The summed E-state index contributed by atoms with van der Waals surface area (Å²) < 4.78 is 0.772. The van der Waals surface area contributed by atoms with Gasteiger partial charge in [-0.3, -0.25) is 4.79 Å². The first kappa shape index (κ1) is 14.8. The third-order valence-electron chi connectivity index (χ3n) is 3.48. The van der Waals surface area contributed by atoms with Crippen molar-refractivity contribution in [2.45, 2.75) is 13.3 Å². The zero-order chi connectivity index (χ0) is 14.7. The fourth-order valence-corrected chi connectivity index (χ4v) is 3.00. The van der Waals surface area contributed by atoms with E-state index in [0.717, 1.165) is 36.2 Å². The molecule has 1 fully saturated rings. The van der Waals surface area contributed by atoms with E-state index in [1.807, 2.05) is 11.0 Å². The zero-order valence-corrected chi connectivity index (χ0v) is 12.9. The monoisotopic (exact) mass is 340 g/mol. The molecule has 1 saturated heterocycles. The molecule has 1 N–H and O–H groups in total. The van der Waals surface area contributed by atoms with Gasteiger partial charge in [-0.1, -0.05) is 0 Å². The molecule has 1 aromatic rings. The maximum Gasteiger partial charge on any atom is 0.335 e. The highest BCUT2D eigenvalue weighted by Gasteiger charge is 2.18. The summed E-state index contributed by atoms with van der Waals surface area (Å²) in [6, 6.07) is 5.04. The molecule has 0 aliphatic carbocycles. The van der Waals surface area contributed by atoms with Gasteiger partial charge in [0.25, 0.3) is 0 Å². The minimum atomic E-state index is -0.934.